The molecule has 2 aromatic heterocycles. The molecule has 0 saturated carbocycles. The molecular weight excluding hydrogens is 739 g/mol. The Labute approximate surface area is 328 Å². The Morgan fingerprint density at radius 2 is 1.28 bits per heavy atom. The smallest absolute Gasteiger partial charge is 0.407 e. The van der Waals surface area contributed by atoms with Gasteiger partial charge in [0.15, 0.2) is 23.1 Å². The van der Waals surface area contributed by atoms with Crippen molar-refractivity contribution in [1.82, 2.24) is 40.4 Å². The van der Waals surface area contributed by atoms with Crippen molar-refractivity contribution in [2.24, 2.45) is 11.8 Å². The van der Waals surface area contributed by atoms with Gasteiger partial charge in [0, 0.05) is 24.2 Å². The molecule has 2 saturated heterocycles. The molecule has 4 atom stereocenters. The summed E-state index contributed by atoms with van der Waals surface area (Å²) in [4.78, 5) is 70.2. The van der Waals surface area contributed by atoms with Gasteiger partial charge < -0.3 is 49.3 Å². The topological polar surface area (TPSA) is 193 Å². The quantitative estimate of drug-likeness (QED) is 0.120. The highest BCUT2D eigenvalue weighted by atomic mass is 19.1. The van der Waals surface area contributed by atoms with E-state index in [2.05, 4.69) is 30.6 Å². The molecule has 3 aliphatic rings. The normalized spacial score (nSPS) is 18.3. The second-order valence-electron chi connectivity index (χ2n) is 15.1. The van der Waals surface area contributed by atoms with Gasteiger partial charge in [0.2, 0.25) is 17.6 Å². The zero-order chi connectivity index (χ0) is 40.5. The van der Waals surface area contributed by atoms with Crippen LogP contribution >= 0.6 is 0 Å². The first-order valence-corrected chi connectivity index (χ1v) is 19.1. The first-order valence-electron chi connectivity index (χ1n) is 19.1. The molecule has 57 heavy (non-hydrogen) atoms. The number of methoxy groups -OCH3 is 2. The fourth-order valence-corrected chi connectivity index (χ4v) is 7.67. The van der Waals surface area contributed by atoms with E-state index in [0.717, 1.165) is 18.4 Å². The Morgan fingerprint density at radius 1 is 0.754 bits per heavy atom. The van der Waals surface area contributed by atoms with Crippen LogP contribution < -0.4 is 20.1 Å². The molecule has 0 aliphatic carbocycles. The lowest BCUT2D eigenvalue weighted by molar-refractivity contribution is -0.136. The third kappa shape index (κ3) is 7.69. The van der Waals surface area contributed by atoms with Gasteiger partial charge in [-0.1, -0.05) is 27.7 Å². The van der Waals surface area contributed by atoms with Gasteiger partial charge in [0.1, 0.15) is 23.7 Å². The van der Waals surface area contributed by atoms with Crippen LogP contribution in [0.15, 0.2) is 42.7 Å². The Kier molecular flexibility index (Phi) is 11.1. The van der Waals surface area contributed by atoms with Gasteiger partial charge >= 0.3 is 12.2 Å². The van der Waals surface area contributed by atoms with Crippen LogP contribution in [0, 0.1) is 17.7 Å². The highest BCUT2D eigenvalue weighted by Gasteiger charge is 2.39. The third-order valence-electron chi connectivity index (χ3n) is 10.7. The third-order valence-corrected chi connectivity index (χ3v) is 10.7. The molecule has 302 valence electrons. The van der Waals surface area contributed by atoms with Gasteiger partial charge in [0.05, 0.1) is 50.1 Å². The van der Waals surface area contributed by atoms with Crippen molar-refractivity contribution in [1.29, 1.82) is 0 Å². The molecule has 17 heteroatoms. The minimum Gasteiger partial charge on any atom is -0.453 e. The summed E-state index contributed by atoms with van der Waals surface area (Å²) in [5.74, 6) is 0.526. The number of carbonyl (C=O) groups is 4. The fourth-order valence-electron chi connectivity index (χ4n) is 7.67. The summed E-state index contributed by atoms with van der Waals surface area (Å²) in [7, 11) is 2.51. The summed E-state index contributed by atoms with van der Waals surface area (Å²) in [5, 5.41) is 5.30. The maximum Gasteiger partial charge on any atom is 0.407 e. The number of H-pyrrole nitrogens is 2. The van der Waals surface area contributed by atoms with Gasteiger partial charge in [-0.05, 0) is 67.9 Å². The summed E-state index contributed by atoms with van der Waals surface area (Å²) in [6.45, 7) is 8.45. The minimum atomic E-state index is -0.777. The van der Waals surface area contributed by atoms with E-state index in [1.807, 2.05) is 27.7 Å². The van der Waals surface area contributed by atoms with Crippen molar-refractivity contribution >= 4 is 24.0 Å². The van der Waals surface area contributed by atoms with Crippen LogP contribution in [0.2, 0.25) is 0 Å². The molecule has 0 unspecified atom stereocenters. The summed E-state index contributed by atoms with van der Waals surface area (Å²) < 4.78 is 37.9. The van der Waals surface area contributed by atoms with Gasteiger partial charge in [-0.3, -0.25) is 9.59 Å². The fraction of sp³-hybridized carbons (Fsp3) is 0.450. The lowest BCUT2D eigenvalue weighted by Gasteiger charge is -2.30. The van der Waals surface area contributed by atoms with Crippen molar-refractivity contribution in [2.45, 2.75) is 77.5 Å². The number of nitrogens with one attached hydrogen (secondary N) is 4. The van der Waals surface area contributed by atoms with E-state index < -0.39 is 30.1 Å². The molecule has 0 spiro atoms. The average molecular weight is 787 g/mol. The minimum absolute atomic E-state index is 0.0774. The predicted molar refractivity (Wildman–Crippen MR) is 204 cm³/mol. The van der Waals surface area contributed by atoms with Crippen molar-refractivity contribution in [3.8, 4) is 45.5 Å². The molecule has 4 N–H and O–H groups in total. The number of imidazole rings is 2. The zero-order valence-electron chi connectivity index (χ0n) is 32.7. The SMILES string of the molecule is COC(=O)N[C@H](C(=O)N1CCC[C@H]1c1ncc(-c2ccc3c(c2)Oc2ccc(-c4cnc([C@@H]5CCCN5C(=O)[C@H](NC(=O)OC)C(C)C)[nH]4)c(F)c2O3)[nH]1)C(C)C. The van der Waals surface area contributed by atoms with E-state index in [0.29, 0.717) is 60.5 Å². The summed E-state index contributed by atoms with van der Waals surface area (Å²) in [6.07, 6.45) is 4.76. The molecule has 3 aliphatic heterocycles. The van der Waals surface area contributed by atoms with Gasteiger partial charge in [-0.25, -0.2) is 23.9 Å². The zero-order valence-corrected chi connectivity index (χ0v) is 32.7. The Hall–Kier alpha value is -6.13. The maximum absolute atomic E-state index is 16.2. The molecule has 0 bridgehead atoms. The number of hydrogen-bond donors (Lipinski definition) is 4. The number of rotatable bonds is 10. The number of nitrogens with zero attached hydrogens (tertiary/aromatic N) is 4. The van der Waals surface area contributed by atoms with Crippen LogP contribution in [0.5, 0.6) is 23.0 Å². The van der Waals surface area contributed by atoms with Crippen LogP contribution in [0.1, 0.15) is 77.1 Å². The summed E-state index contributed by atoms with van der Waals surface area (Å²) >= 11 is 0. The van der Waals surface area contributed by atoms with Crippen LogP contribution in [0.4, 0.5) is 14.0 Å². The van der Waals surface area contributed by atoms with E-state index in [4.69, 9.17) is 18.9 Å². The number of carbonyl (C=O) groups excluding carboxylic acids is 4. The monoisotopic (exact) mass is 786 g/mol. The van der Waals surface area contributed by atoms with Crippen LogP contribution in [0.3, 0.4) is 0 Å². The molecule has 4 amide bonds. The van der Waals surface area contributed by atoms with Crippen molar-refractivity contribution in [3.05, 3.63) is 60.2 Å². The van der Waals surface area contributed by atoms with E-state index >= 15 is 4.39 Å². The summed E-state index contributed by atoms with van der Waals surface area (Å²) in [5.41, 5.74) is 2.04. The predicted octanol–water partition coefficient (Wildman–Crippen LogP) is 6.59. The second-order valence-corrected chi connectivity index (χ2v) is 15.1. The van der Waals surface area contributed by atoms with Gasteiger partial charge in [-0.15, -0.1) is 0 Å². The van der Waals surface area contributed by atoms with E-state index in [-0.39, 0.29) is 52.8 Å². The van der Waals surface area contributed by atoms with E-state index in [1.165, 1.54) is 20.4 Å². The number of likely N-dealkylation sites (tertiary alicyclic amines) is 2. The lowest BCUT2D eigenvalue weighted by atomic mass is 10.0. The van der Waals surface area contributed by atoms with Gasteiger partial charge in [-0.2, -0.15) is 0 Å². The number of ether oxygens (including phenoxy) is 4. The average Bonchev–Trinajstić information content (AvgIpc) is 4.04. The van der Waals surface area contributed by atoms with Crippen molar-refractivity contribution in [3.63, 3.8) is 0 Å². The number of amides is 4. The first kappa shape index (κ1) is 39.1. The van der Waals surface area contributed by atoms with Crippen LogP contribution in [-0.2, 0) is 19.1 Å². The molecule has 4 aromatic rings. The Balaban J connectivity index is 1.06. The largest absolute Gasteiger partial charge is 0.453 e. The molecule has 2 aromatic carbocycles. The van der Waals surface area contributed by atoms with E-state index in [1.54, 1.807) is 46.3 Å². The number of hydrogen-bond acceptors (Lipinski definition) is 10. The highest BCUT2D eigenvalue weighted by molar-refractivity contribution is 5.87. The van der Waals surface area contributed by atoms with Crippen LogP contribution in [0.25, 0.3) is 22.5 Å². The Morgan fingerprint density at radius 3 is 1.82 bits per heavy atom. The number of benzene rings is 2. The first-order chi connectivity index (χ1) is 27.4. The van der Waals surface area contributed by atoms with E-state index in [9.17, 15) is 19.2 Å². The van der Waals surface area contributed by atoms with Crippen LogP contribution in [-0.4, -0.2) is 93.1 Å². The molecular formula is C40H47FN8O8. The molecule has 2 fully saturated rings. The Bertz CT molecular complexity index is 2170. The number of fused-ring (bicyclic) bond motifs is 2. The van der Waals surface area contributed by atoms with Crippen molar-refractivity contribution in [2.75, 3.05) is 27.3 Å². The molecule has 5 heterocycles. The van der Waals surface area contributed by atoms with Gasteiger partial charge in [0.25, 0.3) is 0 Å². The number of halogens is 1. The second kappa shape index (κ2) is 16.2. The molecule has 0 radical (unpaired) electrons. The number of aromatic amines is 2. The summed E-state index contributed by atoms with van der Waals surface area (Å²) in [6, 6.07) is 6.27. The molecule has 7 rings (SSSR count). The lowest BCUT2D eigenvalue weighted by Crippen LogP contribution is -2.51. The molecule has 16 nitrogen and oxygen atoms in total. The number of alkyl carbamates (subject to hydrolysis) is 2. The standard InChI is InChI=1S/C40H47FN8O8/c1-20(2)32(46-39(52)54-5)37(50)48-15-7-9-26(48)35-42-18-24(44-35)22-11-13-28-30(17-22)56-29-14-12-23(31(41)34(29)57-28)25-19-43-36(45-25)27-10-8-16-49(27)38(51)33(21(3)4)47-40(53)55-6/h11-14,17-21,26-27,32-33H,7-10,15-16H2,1-6H3,(H,42,44)(H,43,45)(H,46,52)(H,47,53)/t26-,27-,32-,33+/m0/s1. The highest BCUT2D eigenvalue weighted by Crippen LogP contribution is 2.49. The maximum atomic E-state index is 16.2. The number of aromatic nitrogens is 4. The van der Waals surface area contributed by atoms with Crippen molar-refractivity contribution < 1.29 is 42.5 Å².